The molecule has 3 aromatic heterocycles. The van der Waals surface area contributed by atoms with Crippen LogP contribution < -0.4 is 5.32 Å². The highest BCUT2D eigenvalue weighted by Gasteiger charge is 2.41. The lowest BCUT2D eigenvalue weighted by atomic mass is 9.74. The Bertz CT molecular complexity index is 2050. The number of halogens is 4. The third-order valence-electron chi connectivity index (χ3n) is 11.6. The Morgan fingerprint density at radius 1 is 0.833 bits per heavy atom. The number of Topliss-reactive ketones (excluding diaryl/α,β-unsaturated/α-hetero) is 1. The van der Waals surface area contributed by atoms with Crippen LogP contribution in [0.25, 0.3) is 39.0 Å². The van der Waals surface area contributed by atoms with Gasteiger partial charge in [-0.15, -0.1) is 0 Å². The average Bonchev–Trinajstić information content (AvgIpc) is 3.89. The lowest BCUT2D eigenvalue weighted by Gasteiger charge is -2.34. The Morgan fingerprint density at radius 3 is 1.96 bits per heavy atom. The predicted molar refractivity (Wildman–Crippen MR) is 201 cm³/mol. The van der Waals surface area contributed by atoms with Gasteiger partial charge in [0, 0.05) is 84.5 Å². The second-order valence-electron chi connectivity index (χ2n) is 17.9. The van der Waals surface area contributed by atoms with E-state index >= 15 is 0 Å². The molecule has 1 amide bonds. The Kier molecular flexibility index (Phi) is 9.74. The molecule has 7 rings (SSSR count). The van der Waals surface area contributed by atoms with E-state index < -0.39 is 17.8 Å². The van der Waals surface area contributed by atoms with Crippen LogP contribution in [0.15, 0.2) is 50.5 Å². The minimum absolute atomic E-state index is 0.0115. The van der Waals surface area contributed by atoms with Crippen molar-refractivity contribution in [1.29, 1.82) is 0 Å². The summed E-state index contributed by atoms with van der Waals surface area (Å²) in [5, 5.41) is 4.81. The number of allylic oxidation sites excluding steroid dienone is 1. The molecule has 2 fully saturated rings. The number of alkyl halides is 4. The summed E-state index contributed by atoms with van der Waals surface area (Å²) in [7, 11) is 0. The van der Waals surface area contributed by atoms with Crippen molar-refractivity contribution in [2.75, 3.05) is 0 Å². The van der Waals surface area contributed by atoms with Crippen molar-refractivity contribution < 1.29 is 36.0 Å². The van der Waals surface area contributed by atoms with Gasteiger partial charge in [0.1, 0.15) is 34.2 Å². The fourth-order valence-electron chi connectivity index (χ4n) is 8.18. The Morgan fingerprint density at radius 2 is 1.39 bits per heavy atom. The lowest BCUT2D eigenvalue weighted by Crippen LogP contribution is -2.51. The first kappa shape index (κ1) is 38.1. The van der Waals surface area contributed by atoms with Gasteiger partial charge < -0.3 is 19.1 Å². The molecule has 2 N–H and O–H groups in total. The molecule has 290 valence electrons. The molecule has 3 aliphatic rings. The number of rotatable bonds is 9. The molecule has 4 heterocycles. The quantitative estimate of drug-likeness (QED) is 0.165. The summed E-state index contributed by atoms with van der Waals surface area (Å²) in [6.45, 7) is 12.2. The van der Waals surface area contributed by atoms with E-state index in [1.165, 1.54) is 0 Å². The number of fused-ring (bicyclic) bond motifs is 2. The van der Waals surface area contributed by atoms with Crippen molar-refractivity contribution in [2.24, 2.45) is 27.7 Å². The number of nitrogens with one attached hydrogen (secondary N) is 2. The van der Waals surface area contributed by atoms with Crippen LogP contribution in [0.4, 0.5) is 17.6 Å². The van der Waals surface area contributed by atoms with E-state index in [1.54, 1.807) is 12.4 Å². The Hall–Kier alpha value is -4.22. The van der Waals surface area contributed by atoms with E-state index in [9.17, 15) is 27.2 Å². The monoisotopic (exact) mass is 750 g/mol. The topological polar surface area (TPSA) is 113 Å². The van der Waals surface area contributed by atoms with Crippen LogP contribution in [0.3, 0.4) is 0 Å². The van der Waals surface area contributed by atoms with E-state index in [0.29, 0.717) is 40.6 Å². The smallest absolute Gasteiger partial charge is 0.248 e. The largest absolute Gasteiger partial charge is 0.456 e. The Labute approximate surface area is 312 Å². The van der Waals surface area contributed by atoms with Crippen molar-refractivity contribution in [1.82, 2.24) is 15.3 Å². The molecular weight excluding hydrogens is 700 g/mol. The highest BCUT2D eigenvalue weighted by Crippen LogP contribution is 2.43. The SMILES string of the molecule is CC(C)(C)[C@H](NC(=O)C1CCC(F)(F)CC1)C1=NC=C(c2cc3cc4oc(-c5cnc([C@@H](CC(=O)C6CCC(F)(F)CC6)C(C)(C)C)[nH]5)cc4cc3o2)C1. The standard InChI is InChI=1S/C42H50F4N4O4/c1-39(2,3)28(20-31(51)23-7-11-41(43,44)12-8-23)37-48-22-30(49-37)35-19-26-17-32-25(16-33(26)54-35)18-34(53-32)27-15-29(47-21-27)36(40(4,5)6)50-38(52)24-9-13-42(45,46)14-10-24/h16-19,21-24,28,36H,7-15,20H2,1-6H3,(H,48,49)(H,50,52)/t28-,36-/m1/s1. The molecule has 1 aliphatic heterocycles. The summed E-state index contributed by atoms with van der Waals surface area (Å²) in [6.07, 6.45) is 3.94. The predicted octanol–water partition coefficient (Wildman–Crippen LogP) is 11.0. The number of carbonyl (C=O) groups is 2. The molecule has 2 saturated carbocycles. The number of aliphatic imine (C=N–C) groups is 1. The van der Waals surface area contributed by atoms with Crippen LogP contribution in [-0.4, -0.2) is 45.3 Å². The molecule has 2 atom stereocenters. The van der Waals surface area contributed by atoms with E-state index in [-0.39, 0.29) is 98.2 Å². The summed E-state index contributed by atoms with van der Waals surface area (Å²) in [5.74, 6) is -4.68. The normalized spacial score (nSPS) is 20.9. The molecular formula is C42H50F4N4O4. The zero-order valence-corrected chi connectivity index (χ0v) is 31.9. The van der Waals surface area contributed by atoms with Crippen LogP contribution >= 0.6 is 0 Å². The van der Waals surface area contributed by atoms with Gasteiger partial charge in [-0.1, -0.05) is 41.5 Å². The second-order valence-corrected chi connectivity index (χ2v) is 17.9. The summed E-state index contributed by atoms with van der Waals surface area (Å²) in [4.78, 5) is 39.2. The molecule has 0 bridgehead atoms. The van der Waals surface area contributed by atoms with Gasteiger partial charge in [-0.3, -0.25) is 14.6 Å². The van der Waals surface area contributed by atoms with Gasteiger partial charge in [0.05, 0.1) is 12.2 Å². The second kappa shape index (κ2) is 13.8. The first-order chi connectivity index (χ1) is 25.2. The maximum absolute atomic E-state index is 13.7. The summed E-state index contributed by atoms with van der Waals surface area (Å²) in [6, 6.07) is 7.33. The number of ketones is 1. The first-order valence-corrected chi connectivity index (χ1v) is 19.1. The third kappa shape index (κ3) is 8.08. The van der Waals surface area contributed by atoms with Gasteiger partial charge in [0.15, 0.2) is 5.76 Å². The molecule has 2 aliphatic carbocycles. The molecule has 0 unspecified atom stereocenters. The minimum Gasteiger partial charge on any atom is -0.456 e. The van der Waals surface area contributed by atoms with Gasteiger partial charge in [-0.2, -0.15) is 0 Å². The number of H-pyrrole nitrogens is 1. The molecule has 54 heavy (non-hydrogen) atoms. The summed E-state index contributed by atoms with van der Waals surface area (Å²) < 4.78 is 67.5. The zero-order valence-electron chi connectivity index (χ0n) is 31.9. The molecule has 0 spiro atoms. The van der Waals surface area contributed by atoms with Gasteiger partial charge >= 0.3 is 0 Å². The number of carbonyl (C=O) groups excluding carboxylic acids is 2. The van der Waals surface area contributed by atoms with E-state index in [4.69, 9.17) is 13.8 Å². The number of hydrogen-bond donors (Lipinski definition) is 2. The van der Waals surface area contributed by atoms with E-state index in [0.717, 1.165) is 22.1 Å². The van der Waals surface area contributed by atoms with Gasteiger partial charge in [0.2, 0.25) is 17.8 Å². The van der Waals surface area contributed by atoms with Crippen molar-refractivity contribution in [3.63, 3.8) is 0 Å². The fraction of sp³-hybridized carbons (Fsp3) is 0.571. The third-order valence-corrected chi connectivity index (χ3v) is 11.6. The minimum atomic E-state index is -2.69. The molecule has 12 heteroatoms. The number of hydrogen-bond acceptors (Lipinski definition) is 6. The van der Waals surface area contributed by atoms with Crippen molar-refractivity contribution in [3.05, 3.63) is 48.2 Å². The highest BCUT2D eigenvalue weighted by molar-refractivity contribution is 6.04. The fourth-order valence-corrected chi connectivity index (χ4v) is 8.18. The molecule has 0 saturated heterocycles. The number of aromatic nitrogens is 2. The van der Waals surface area contributed by atoms with Crippen LogP contribution in [0.1, 0.15) is 123 Å². The molecule has 1 aromatic carbocycles. The van der Waals surface area contributed by atoms with Crippen LogP contribution in [0.2, 0.25) is 0 Å². The molecule has 4 aromatic rings. The zero-order chi connectivity index (χ0) is 38.8. The maximum atomic E-state index is 13.7. The average molecular weight is 751 g/mol. The first-order valence-electron chi connectivity index (χ1n) is 19.1. The number of aromatic amines is 1. The Balaban J connectivity index is 1.03. The van der Waals surface area contributed by atoms with Crippen molar-refractivity contribution in [3.8, 4) is 11.5 Å². The van der Waals surface area contributed by atoms with E-state index in [1.807, 2.05) is 65.8 Å². The van der Waals surface area contributed by atoms with Crippen LogP contribution in [0.5, 0.6) is 0 Å². The van der Waals surface area contributed by atoms with Crippen molar-refractivity contribution in [2.45, 2.75) is 130 Å². The van der Waals surface area contributed by atoms with Crippen LogP contribution in [-0.2, 0) is 9.59 Å². The number of imidazole rings is 1. The van der Waals surface area contributed by atoms with Gasteiger partial charge in [0.25, 0.3) is 0 Å². The highest BCUT2D eigenvalue weighted by atomic mass is 19.3. The number of benzene rings is 1. The van der Waals surface area contributed by atoms with Crippen molar-refractivity contribution >= 4 is 44.9 Å². The summed E-state index contributed by atoms with van der Waals surface area (Å²) in [5.41, 5.74) is 3.00. The number of amides is 1. The maximum Gasteiger partial charge on any atom is 0.248 e. The molecule has 0 radical (unpaired) electrons. The summed E-state index contributed by atoms with van der Waals surface area (Å²) >= 11 is 0. The van der Waals surface area contributed by atoms with Gasteiger partial charge in [-0.25, -0.2) is 22.5 Å². The van der Waals surface area contributed by atoms with Gasteiger partial charge in [-0.05, 0) is 60.8 Å². The molecule has 8 nitrogen and oxygen atoms in total. The van der Waals surface area contributed by atoms with Crippen LogP contribution in [0, 0.1) is 22.7 Å². The number of nitrogens with zero attached hydrogens (tertiary/aromatic N) is 2. The van der Waals surface area contributed by atoms with E-state index in [2.05, 4.69) is 15.3 Å². The number of furan rings is 2. The lowest BCUT2D eigenvalue weighted by molar-refractivity contribution is -0.130.